The molecule has 2 aromatic heterocycles. The molecule has 2 heterocycles. The minimum absolute atomic E-state index is 0.0430. The summed E-state index contributed by atoms with van der Waals surface area (Å²) in [5.74, 6) is 3.78. The summed E-state index contributed by atoms with van der Waals surface area (Å²) in [6.45, 7) is 12.7. The number of rotatable bonds is 6. The van der Waals surface area contributed by atoms with Gasteiger partial charge in [0.05, 0.1) is 19.3 Å². The highest BCUT2D eigenvalue weighted by molar-refractivity contribution is 5.79. The van der Waals surface area contributed by atoms with Crippen molar-refractivity contribution in [1.29, 1.82) is 0 Å². The monoisotopic (exact) mass is 346 g/mol. The van der Waals surface area contributed by atoms with E-state index in [1.165, 1.54) is 0 Å². The second-order valence-corrected chi connectivity index (χ2v) is 7.54. The number of aromatic nitrogens is 3. The molecule has 0 radical (unpaired) electrons. The number of nitrogens with zero attached hydrogens (tertiary/aromatic N) is 4. The van der Waals surface area contributed by atoms with Crippen LogP contribution in [-0.4, -0.2) is 27.5 Å². The van der Waals surface area contributed by atoms with E-state index < -0.39 is 0 Å². The van der Waals surface area contributed by atoms with Crippen LogP contribution in [0.15, 0.2) is 28.0 Å². The van der Waals surface area contributed by atoms with Gasteiger partial charge in [0.2, 0.25) is 5.89 Å². The zero-order valence-electron chi connectivity index (χ0n) is 16.1. The van der Waals surface area contributed by atoms with Crippen molar-refractivity contribution in [3.63, 3.8) is 0 Å². The summed E-state index contributed by atoms with van der Waals surface area (Å²) in [7, 11) is 1.74. The Morgan fingerprint density at radius 1 is 1.24 bits per heavy atom. The molecule has 7 heteroatoms. The molecular weight excluding hydrogens is 316 g/mol. The molecule has 138 valence electrons. The van der Waals surface area contributed by atoms with Gasteiger partial charge in [-0.15, -0.1) is 0 Å². The van der Waals surface area contributed by atoms with E-state index in [1.54, 1.807) is 13.2 Å². The van der Waals surface area contributed by atoms with E-state index in [0.29, 0.717) is 30.9 Å². The van der Waals surface area contributed by atoms with E-state index in [9.17, 15) is 0 Å². The fourth-order valence-corrected chi connectivity index (χ4v) is 2.35. The highest BCUT2D eigenvalue weighted by Crippen LogP contribution is 2.22. The Hall–Kier alpha value is -2.31. The molecular formula is C18H30N6O. The van der Waals surface area contributed by atoms with E-state index in [2.05, 4.69) is 64.8 Å². The zero-order chi connectivity index (χ0) is 18.4. The third-order valence-corrected chi connectivity index (χ3v) is 3.70. The molecule has 0 spiro atoms. The maximum absolute atomic E-state index is 5.78. The predicted molar refractivity (Wildman–Crippen MR) is 99.3 cm³/mol. The van der Waals surface area contributed by atoms with Gasteiger partial charge in [0.15, 0.2) is 5.96 Å². The van der Waals surface area contributed by atoms with E-state index in [0.717, 1.165) is 18.1 Å². The number of oxazole rings is 1. The lowest BCUT2D eigenvalue weighted by atomic mass is 9.94. The van der Waals surface area contributed by atoms with Crippen LogP contribution in [0.5, 0.6) is 0 Å². The summed E-state index contributed by atoms with van der Waals surface area (Å²) >= 11 is 0. The van der Waals surface area contributed by atoms with Gasteiger partial charge in [-0.05, 0) is 5.92 Å². The van der Waals surface area contributed by atoms with Crippen LogP contribution in [0.2, 0.25) is 0 Å². The van der Waals surface area contributed by atoms with Gasteiger partial charge in [-0.3, -0.25) is 4.99 Å². The van der Waals surface area contributed by atoms with Crippen molar-refractivity contribution in [3.8, 4) is 0 Å². The summed E-state index contributed by atoms with van der Waals surface area (Å²) in [5, 5.41) is 6.50. The van der Waals surface area contributed by atoms with Crippen LogP contribution in [0.3, 0.4) is 0 Å². The van der Waals surface area contributed by atoms with E-state index in [-0.39, 0.29) is 5.41 Å². The van der Waals surface area contributed by atoms with Crippen LogP contribution < -0.4 is 10.6 Å². The number of hydrogen-bond donors (Lipinski definition) is 2. The highest BCUT2D eigenvalue weighted by atomic mass is 16.4. The van der Waals surface area contributed by atoms with Crippen molar-refractivity contribution >= 4 is 5.96 Å². The SMILES string of the molecule is CN=C(NCc1ncc(C(C)(C)C)o1)NCc1nccn1CC(C)C. The lowest BCUT2D eigenvalue weighted by Crippen LogP contribution is -2.37. The van der Waals surface area contributed by atoms with E-state index in [4.69, 9.17) is 4.42 Å². The molecule has 7 nitrogen and oxygen atoms in total. The summed E-state index contributed by atoms with van der Waals surface area (Å²) < 4.78 is 7.94. The minimum Gasteiger partial charge on any atom is -0.443 e. The van der Waals surface area contributed by atoms with Gasteiger partial charge < -0.3 is 19.6 Å². The fourth-order valence-electron chi connectivity index (χ4n) is 2.35. The van der Waals surface area contributed by atoms with Crippen LogP contribution in [-0.2, 0) is 25.0 Å². The molecule has 0 atom stereocenters. The van der Waals surface area contributed by atoms with E-state index in [1.807, 2.05) is 12.4 Å². The molecule has 0 aliphatic rings. The standard InChI is InChI=1S/C18H30N6O/c1-13(2)12-24-8-7-20-15(24)10-22-17(19-6)23-11-16-21-9-14(25-16)18(3,4)5/h7-9,13H,10-12H2,1-6H3,(H2,19,22,23). The lowest BCUT2D eigenvalue weighted by molar-refractivity contribution is 0.379. The molecule has 2 rings (SSSR count). The van der Waals surface area contributed by atoms with Gasteiger partial charge in [0.1, 0.15) is 11.6 Å². The number of nitrogens with one attached hydrogen (secondary N) is 2. The summed E-state index contributed by atoms with van der Waals surface area (Å²) in [6.07, 6.45) is 5.63. The Kier molecular flexibility index (Phi) is 6.22. The van der Waals surface area contributed by atoms with E-state index >= 15 is 0 Å². The second-order valence-electron chi connectivity index (χ2n) is 7.54. The number of hydrogen-bond acceptors (Lipinski definition) is 4. The van der Waals surface area contributed by atoms with Gasteiger partial charge in [0, 0.05) is 31.4 Å². The van der Waals surface area contributed by atoms with Crippen molar-refractivity contribution in [2.45, 2.75) is 59.7 Å². The van der Waals surface area contributed by atoms with Crippen LogP contribution >= 0.6 is 0 Å². The quantitative estimate of drug-likeness (QED) is 0.621. The van der Waals surface area contributed by atoms with Crippen molar-refractivity contribution in [3.05, 3.63) is 36.1 Å². The Labute approximate surface area is 150 Å². The van der Waals surface area contributed by atoms with Crippen molar-refractivity contribution < 1.29 is 4.42 Å². The number of guanidine groups is 1. The number of imidazole rings is 1. The Morgan fingerprint density at radius 2 is 1.96 bits per heavy atom. The maximum Gasteiger partial charge on any atom is 0.213 e. The molecule has 0 saturated heterocycles. The second kappa shape index (κ2) is 8.18. The molecule has 0 saturated carbocycles. The largest absolute Gasteiger partial charge is 0.443 e. The molecule has 25 heavy (non-hydrogen) atoms. The van der Waals surface area contributed by atoms with Gasteiger partial charge in [0.25, 0.3) is 0 Å². The predicted octanol–water partition coefficient (Wildman–Crippen LogP) is 2.69. The van der Waals surface area contributed by atoms with Crippen LogP contribution in [0.1, 0.15) is 52.1 Å². The first-order chi connectivity index (χ1) is 11.8. The van der Waals surface area contributed by atoms with Gasteiger partial charge in [-0.25, -0.2) is 9.97 Å². The molecule has 2 aromatic rings. The molecule has 0 aliphatic carbocycles. The first-order valence-electron chi connectivity index (χ1n) is 8.69. The molecule has 0 bridgehead atoms. The van der Waals surface area contributed by atoms with Gasteiger partial charge in [-0.1, -0.05) is 34.6 Å². The van der Waals surface area contributed by atoms with Crippen molar-refractivity contribution in [2.75, 3.05) is 7.05 Å². The first-order valence-corrected chi connectivity index (χ1v) is 8.69. The Morgan fingerprint density at radius 3 is 2.56 bits per heavy atom. The average molecular weight is 346 g/mol. The first kappa shape index (κ1) is 19.0. The number of aliphatic imine (C=N–C) groups is 1. The molecule has 0 unspecified atom stereocenters. The van der Waals surface area contributed by atoms with Crippen molar-refractivity contribution in [1.82, 2.24) is 25.2 Å². The average Bonchev–Trinajstić information content (AvgIpc) is 3.16. The third kappa shape index (κ3) is 5.62. The molecule has 0 aromatic carbocycles. The van der Waals surface area contributed by atoms with Crippen LogP contribution in [0.25, 0.3) is 0 Å². The summed E-state index contributed by atoms with van der Waals surface area (Å²) in [6, 6.07) is 0. The third-order valence-electron chi connectivity index (χ3n) is 3.70. The fraction of sp³-hybridized carbons (Fsp3) is 0.611. The van der Waals surface area contributed by atoms with Crippen molar-refractivity contribution in [2.24, 2.45) is 10.9 Å². The molecule has 0 fully saturated rings. The summed E-state index contributed by atoms with van der Waals surface area (Å²) in [5.41, 5.74) is -0.0430. The zero-order valence-corrected chi connectivity index (χ0v) is 16.1. The molecule has 0 aliphatic heterocycles. The summed E-state index contributed by atoms with van der Waals surface area (Å²) in [4.78, 5) is 13.0. The topological polar surface area (TPSA) is 80.3 Å². The van der Waals surface area contributed by atoms with Crippen LogP contribution in [0, 0.1) is 5.92 Å². The van der Waals surface area contributed by atoms with Crippen LogP contribution in [0.4, 0.5) is 0 Å². The normalized spacial score (nSPS) is 12.7. The minimum atomic E-state index is -0.0430. The van der Waals surface area contributed by atoms with Gasteiger partial charge >= 0.3 is 0 Å². The molecule has 2 N–H and O–H groups in total. The lowest BCUT2D eigenvalue weighted by Gasteiger charge is -2.14. The Balaban J connectivity index is 1.87. The maximum atomic E-state index is 5.78. The highest BCUT2D eigenvalue weighted by Gasteiger charge is 2.19. The molecule has 0 amide bonds. The Bertz CT molecular complexity index is 692. The van der Waals surface area contributed by atoms with Gasteiger partial charge in [-0.2, -0.15) is 0 Å². The smallest absolute Gasteiger partial charge is 0.213 e.